The van der Waals surface area contributed by atoms with E-state index in [1.54, 1.807) is 0 Å². The van der Waals surface area contributed by atoms with Crippen molar-refractivity contribution in [3.8, 4) is 0 Å². The molecule has 46 heavy (non-hydrogen) atoms. The number of rotatable bonds is 12. The van der Waals surface area contributed by atoms with Gasteiger partial charge in [-0.3, -0.25) is 14.4 Å². The Hall–Kier alpha value is -2.73. The van der Waals surface area contributed by atoms with Gasteiger partial charge in [-0.2, -0.15) is 0 Å². The molecule has 0 radical (unpaired) electrons. The zero-order valence-electron chi connectivity index (χ0n) is 27.9. The van der Waals surface area contributed by atoms with Gasteiger partial charge in [0.05, 0.1) is 39.3 Å². The molecule has 0 amide bonds. The minimum atomic E-state index is -0.693. The molecule has 4 saturated carbocycles. The zero-order chi connectivity index (χ0) is 33.8. The first-order chi connectivity index (χ1) is 21.7. The molecule has 4 rings (SSSR count). The van der Waals surface area contributed by atoms with E-state index in [1.807, 2.05) is 0 Å². The fraction of sp³-hybridized carbons (Fsp3) is 0.853. The van der Waals surface area contributed by atoms with E-state index in [0.29, 0.717) is 32.1 Å². The van der Waals surface area contributed by atoms with Crippen molar-refractivity contribution >= 4 is 29.8 Å². The molecule has 260 valence electrons. The van der Waals surface area contributed by atoms with E-state index in [4.69, 9.17) is 14.2 Å². The highest BCUT2D eigenvalue weighted by molar-refractivity contribution is 5.80. The molecule has 0 aromatic rings. The van der Waals surface area contributed by atoms with Crippen LogP contribution in [0.1, 0.15) is 91.4 Å². The van der Waals surface area contributed by atoms with Crippen molar-refractivity contribution in [1.29, 1.82) is 0 Å². The largest absolute Gasteiger partial charge is 0.466 e. The Bertz CT molecular complexity index is 1140. The quantitative estimate of drug-likeness (QED) is 0.233. The lowest BCUT2D eigenvalue weighted by molar-refractivity contribution is -0.217. The Morgan fingerprint density at radius 3 is 2.00 bits per heavy atom. The fourth-order valence-corrected chi connectivity index (χ4v) is 9.75. The SMILES string of the molecule is COC(=O)COC(=O)CCC(=O)OC1CC2CC(O)CCC2(C)C2CC(O)C3(C)C(C(C)CCC(=O)OCC(=O)OC)CCC3C12. The van der Waals surface area contributed by atoms with Gasteiger partial charge in [-0.1, -0.05) is 20.8 Å². The third-order valence-electron chi connectivity index (χ3n) is 12.3. The van der Waals surface area contributed by atoms with Crippen LogP contribution in [-0.2, 0) is 47.7 Å². The number of carbonyl (C=O) groups excluding carboxylic acids is 5. The molecule has 0 saturated heterocycles. The fourth-order valence-electron chi connectivity index (χ4n) is 9.75. The molecule has 4 aliphatic carbocycles. The van der Waals surface area contributed by atoms with Crippen LogP contribution in [0.25, 0.3) is 0 Å². The predicted molar refractivity (Wildman–Crippen MR) is 161 cm³/mol. The second-order valence-corrected chi connectivity index (χ2v) is 14.5. The number of carbonyl (C=O) groups is 5. The van der Waals surface area contributed by atoms with Crippen LogP contribution < -0.4 is 0 Å². The van der Waals surface area contributed by atoms with Gasteiger partial charge >= 0.3 is 29.8 Å². The average molecular weight is 653 g/mol. The molecule has 11 atom stereocenters. The number of fused-ring (bicyclic) bond motifs is 5. The minimum absolute atomic E-state index is 0.00217. The number of ether oxygens (including phenoxy) is 5. The molecular formula is C34H52O12. The Labute approximate surface area is 271 Å². The first-order valence-corrected chi connectivity index (χ1v) is 16.7. The first kappa shape index (κ1) is 36.1. The number of methoxy groups -OCH3 is 2. The summed E-state index contributed by atoms with van der Waals surface area (Å²) in [4.78, 5) is 60.2. The van der Waals surface area contributed by atoms with Crippen LogP contribution in [0.15, 0.2) is 0 Å². The van der Waals surface area contributed by atoms with E-state index in [0.717, 1.165) is 19.3 Å². The molecule has 12 heteroatoms. The summed E-state index contributed by atoms with van der Waals surface area (Å²) < 4.78 is 25.1. The van der Waals surface area contributed by atoms with Crippen LogP contribution in [0.2, 0.25) is 0 Å². The average Bonchev–Trinajstić information content (AvgIpc) is 3.39. The lowest BCUT2D eigenvalue weighted by Crippen LogP contribution is -2.63. The van der Waals surface area contributed by atoms with Gasteiger partial charge in [-0.05, 0) is 91.8 Å². The molecule has 0 aromatic carbocycles. The normalized spacial score (nSPS) is 37.0. The topological polar surface area (TPSA) is 172 Å². The van der Waals surface area contributed by atoms with E-state index < -0.39 is 66.8 Å². The number of aliphatic hydroxyl groups excluding tert-OH is 2. The second-order valence-electron chi connectivity index (χ2n) is 14.5. The van der Waals surface area contributed by atoms with Crippen molar-refractivity contribution in [3.63, 3.8) is 0 Å². The highest BCUT2D eigenvalue weighted by atomic mass is 16.6. The zero-order valence-corrected chi connectivity index (χ0v) is 27.9. The van der Waals surface area contributed by atoms with E-state index in [-0.39, 0.29) is 60.2 Å². The summed E-state index contributed by atoms with van der Waals surface area (Å²) in [6.45, 7) is 5.59. The molecule has 0 bridgehead atoms. The van der Waals surface area contributed by atoms with Crippen LogP contribution in [0.3, 0.4) is 0 Å². The summed E-state index contributed by atoms with van der Waals surface area (Å²) in [5, 5.41) is 22.5. The van der Waals surface area contributed by atoms with Gasteiger partial charge in [0.25, 0.3) is 0 Å². The van der Waals surface area contributed by atoms with Crippen LogP contribution in [0.4, 0.5) is 0 Å². The summed E-state index contributed by atoms with van der Waals surface area (Å²) in [6, 6.07) is 0. The van der Waals surface area contributed by atoms with Crippen molar-refractivity contribution < 1.29 is 57.9 Å². The molecule has 0 spiro atoms. The summed E-state index contributed by atoms with van der Waals surface area (Å²) >= 11 is 0. The molecular weight excluding hydrogens is 600 g/mol. The minimum Gasteiger partial charge on any atom is -0.466 e. The number of esters is 5. The van der Waals surface area contributed by atoms with Gasteiger partial charge in [0.15, 0.2) is 13.2 Å². The lowest BCUT2D eigenvalue weighted by Gasteiger charge is -2.63. The van der Waals surface area contributed by atoms with E-state index in [9.17, 15) is 34.2 Å². The summed E-state index contributed by atoms with van der Waals surface area (Å²) in [5.74, 6) is -2.45. The van der Waals surface area contributed by atoms with Gasteiger partial charge < -0.3 is 33.9 Å². The Morgan fingerprint density at radius 1 is 0.761 bits per heavy atom. The standard InChI is InChI=1S/C34H52O12/c1-19(6-9-27(37)44-17-30(40)42-4)22-7-8-23-32-24(16-26(36)34(22,23)3)33(2)13-12-21(35)14-20(33)15-25(32)46-29(39)11-10-28(38)45-18-31(41)43-5/h19-26,32,35-36H,6-18H2,1-5H3. The van der Waals surface area contributed by atoms with E-state index >= 15 is 0 Å². The van der Waals surface area contributed by atoms with Crippen molar-refractivity contribution in [1.82, 2.24) is 0 Å². The van der Waals surface area contributed by atoms with Crippen molar-refractivity contribution in [2.45, 2.75) is 110 Å². The van der Waals surface area contributed by atoms with Crippen LogP contribution in [0.5, 0.6) is 0 Å². The second kappa shape index (κ2) is 15.0. The monoisotopic (exact) mass is 652 g/mol. The first-order valence-electron chi connectivity index (χ1n) is 16.7. The van der Waals surface area contributed by atoms with Gasteiger partial charge in [-0.15, -0.1) is 0 Å². The predicted octanol–water partition coefficient (Wildman–Crippen LogP) is 3.13. The smallest absolute Gasteiger partial charge is 0.344 e. The summed E-state index contributed by atoms with van der Waals surface area (Å²) in [5.41, 5.74) is -0.573. The maximum atomic E-state index is 13.2. The van der Waals surface area contributed by atoms with Crippen LogP contribution in [-0.4, -0.2) is 85.8 Å². The highest BCUT2D eigenvalue weighted by Gasteiger charge is 2.66. The maximum absolute atomic E-state index is 13.2. The molecule has 11 unspecified atom stereocenters. The highest BCUT2D eigenvalue weighted by Crippen LogP contribution is 2.68. The molecule has 4 fully saturated rings. The van der Waals surface area contributed by atoms with Crippen LogP contribution >= 0.6 is 0 Å². The third kappa shape index (κ3) is 7.53. The van der Waals surface area contributed by atoms with Gasteiger partial charge in [-0.25, -0.2) is 9.59 Å². The Morgan fingerprint density at radius 2 is 1.37 bits per heavy atom. The molecule has 4 aliphatic rings. The number of aliphatic hydroxyl groups is 2. The summed E-state index contributed by atoms with van der Waals surface area (Å²) in [6.07, 6.45) is 3.96. The Balaban J connectivity index is 1.49. The molecule has 2 N–H and O–H groups in total. The summed E-state index contributed by atoms with van der Waals surface area (Å²) in [7, 11) is 2.42. The molecule has 0 aliphatic heterocycles. The third-order valence-corrected chi connectivity index (χ3v) is 12.3. The Kier molecular flexibility index (Phi) is 11.8. The lowest BCUT2D eigenvalue weighted by atomic mass is 9.43. The molecule has 0 heterocycles. The van der Waals surface area contributed by atoms with Gasteiger partial charge in [0.1, 0.15) is 6.10 Å². The van der Waals surface area contributed by atoms with Crippen molar-refractivity contribution in [2.75, 3.05) is 27.4 Å². The number of hydrogen-bond donors (Lipinski definition) is 2. The van der Waals surface area contributed by atoms with Gasteiger partial charge in [0, 0.05) is 12.3 Å². The van der Waals surface area contributed by atoms with E-state index in [1.165, 1.54) is 14.2 Å². The van der Waals surface area contributed by atoms with Crippen molar-refractivity contribution in [3.05, 3.63) is 0 Å². The van der Waals surface area contributed by atoms with Crippen molar-refractivity contribution in [2.24, 2.45) is 46.3 Å². The molecule has 0 aromatic heterocycles. The maximum Gasteiger partial charge on any atom is 0.344 e. The molecule has 12 nitrogen and oxygen atoms in total. The number of hydrogen-bond acceptors (Lipinski definition) is 12. The van der Waals surface area contributed by atoms with E-state index in [2.05, 4.69) is 30.2 Å². The van der Waals surface area contributed by atoms with Crippen LogP contribution in [0, 0.1) is 46.3 Å². The van der Waals surface area contributed by atoms with Gasteiger partial charge in [0.2, 0.25) is 0 Å².